The van der Waals surface area contributed by atoms with Gasteiger partial charge in [-0.1, -0.05) is 0 Å². The molecule has 0 bridgehead atoms. The lowest BCUT2D eigenvalue weighted by Gasteiger charge is -2.32. The molecule has 5 heteroatoms. The highest BCUT2D eigenvalue weighted by Gasteiger charge is 2.22. The van der Waals surface area contributed by atoms with E-state index in [1.54, 1.807) is 12.1 Å². The molecule has 1 aromatic carbocycles. The van der Waals surface area contributed by atoms with E-state index in [1.807, 2.05) is 11.0 Å². The second-order valence-corrected chi connectivity index (χ2v) is 4.91. The van der Waals surface area contributed by atoms with Crippen molar-refractivity contribution in [3.63, 3.8) is 0 Å². The molecule has 3 nitrogen and oxygen atoms in total. The van der Waals surface area contributed by atoms with Crippen LogP contribution in [-0.2, 0) is 0 Å². The molecule has 0 amide bonds. The minimum atomic E-state index is -0.432. The van der Waals surface area contributed by atoms with Gasteiger partial charge in [-0.2, -0.15) is 5.26 Å². The lowest BCUT2D eigenvalue weighted by Crippen LogP contribution is -2.38. The van der Waals surface area contributed by atoms with Crippen molar-refractivity contribution in [1.82, 2.24) is 0 Å². The van der Waals surface area contributed by atoms with Gasteiger partial charge in [0.05, 0.1) is 21.8 Å². The first-order valence-corrected chi connectivity index (χ1v) is 6.24. The highest BCUT2D eigenvalue weighted by Crippen LogP contribution is 2.30. The van der Waals surface area contributed by atoms with E-state index >= 15 is 0 Å². The number of nitrogens with zero attached hydrogens (tertiary/aromatic N) is 2. The minimum absolute atomic E-state index is 0.192. The third-order valence-electron chi connectivity index (χ3n) is 2.92. The summed E-state index contributed by atoms with van der Waals surface area (Å²) in [6, 6.07) is 5.10. The van der Waals surface area contributed by atoms with E-state index in [9.17, 15) is 9.50 Å². The zero-order valence-corrected chi connectivity index (χ0v) is 10.7. The normalized spacial score (nSPS) is 20.1. The second kappa shape index (κ2) is 5.03. The number of aliphatic hydroxyl groups is 1. The lowest BCUT2D eigenvalue weighted by atomic mass is 10.1. The smallest absolute Gasteiger partial charge is 0.161 e. The summed E-state index contributed by atoms with van der Waals surface area (Å²) in [5.74, 6) is -0.432. The highest BCUT2D eigenvalue weighted by atomic mass is 79.9. The summed E-state index contributed by atoms with van der Waals surface area (Å²) in [6.07, 6.45) is 1.20. The Hall–Kier alpha value is -1.12. The molecule has 1 aromatic rings. The van der Waals surface area contributed by atoms with Crippen LogP contribution in [-0.4, -0.2) is 24.3 Å². The fourth-order valence-electron chi connectivity index (χ4n) is 2.04. The van der Waals surface area contributed by atoms with Gasteiger partial charge in [0.25, 0.3) is 0 Å². The lowest BCUT2D eigenvalue weighted by molar-refractivity contribution is 0.154. The number of rotatable bonds is 1. The number of benzene rings is 1. The molecule has 0 spiro atoms. The Kier molecular flexibility index (Phi) is 3.65. The van der Waals surface area contributed by atoms with Gasteiger partial charge in [-0.15, -0.1) is 0 Å². The number of hydrogen-bond donors (Lipinski definition) is 1. The molecule has 1 atom stereocenters. The summed E-state index contributed by atoms with van der Waals surface area (Å²) in [5, 5.41) is 18.4. The molecule has 0 unspecified atom stereocenters. The maximum absolute atomic E-state index is 14.0. The van der Waals surface area contributed by atoms with Gasteiger partial charge in [-0.3, -0.25) is 0 Å². The number of halogens is 2. The van der Waals surface area contributed by atoms with E-state index in [0.717, 1.165) is 19.4 Å². The molecule has 2 rings (SSSR count). The summed E-state index contributed by atoms with van der Waals surface area (Å²) >= 11 is 3.09. The predicted molar refractivity (Wildman–Crippen MR) is 66.3 cm³/mol. The van der Waals surface area contributed by atoms with Crippen LogP contribution in [0, 0.1) is 17.1 Å². The molecule has 1 N–H and O–H groups in total. The molecule has 0 radical (unpaired) electrons. The van der Waals surface area contributed by atoms with Gasteiger partial charge in [0, 0.05) is 13.1 Å². The Balaban J connectivity index is 2.33. The zero-order valence-electron chi connectivity index (χ0n) is 9.16. The molecule has 1 saturated heterocycles. The fourth-order valence-corrected chi connectivity index (χ4v) is 2.47. The largest absolute Gasteiger partial charge is 0.391 e. The number of anilines is 1. The maximum Gasteiger partial charge on any atom is 0.161 e. The van der Waals surface area contributed by atoms with Crippen LogP contribution >= 0.6 is 15.9 Å². The number of β-amino-alcohol motifs (C(OH)–C–C–N with tert-alkyl or cyclic N) is 1. The zero-order chi connectivity index (χ0) is 12.4. The van der Waals surface area contributed by atoms with Crippen LogP contribution in [0.15, 0.2) is 16.6 Å². The molecule has 1 aliphatic rings. The number of hydrogen-bond acceptors (Lipinski definition) is 3. The summed E-state index contributed by atoms with van der Waals surface area (Å²) in [4.78, 5) is 1.81. The third kappa shape index (κ3) is 2.43. The van der Waals surface area contributed by atoms with E-state index in [2.05, 4.69) is 15.9 Å². The maximum atomic E-state index is 14.0. The predicted octanol–water partition coefficient (Wildman–Crippen LogP) is 2.42. The van der Waals surface area contributed by atoms with Crippen LogP contribution in [0.3, 0.4) is 0 Å². The van der Waals surface area contributed by atoms with Gasteiger partial charge in [-0.05, 0) is 40.9 Å². The summed E-state index contributed by atoms with van der Waals surface area (Å²) < 4.78 is 14.2. The Morgan fingerprint density at radius 3 is 2.94 bits per heavy atom. The number of piperidine rings is 1. The molecule has 0 aliphatic carbocycles. The molecule has 17 heavy (non-hydrogen) atoms. The Labute approximate surface area is 108 Å². The molecular formula is C12H12BrFN2O. The van der Waals surface area contributed by atoms with Crippen LogP contribution in [0.4, 0.5) is 10.1 Å². The van der Waals surface area contributed by atoms with Crippen molar-refractivity contribution in [2.45, 2.75) is 18.9 Å². The Bertz CT molecular complexity index is 472. The number of nitriles is 1. The van der Waals surface area contributed by atoms with Crippen LogP contribution in [0.25, 0.3) is 0 Å². The van der Waals surface area contributed by atoms with Crippen LogP contribution in [0.2, 0.25) is 0 Å². The van der Waals surface area contributed by atoms with Gasteiger partial charge in [0.1, 0.15) is 6.07 Å². The molecule has 0 saturated carbocycles. The average molecular weight is 299 g/mol. The first-order chi connectivity index (χ1) is 8.13. The fraction of sp³-hybridized carbons (Fsp3) is 0.417. The Morgan fingerprint density at radius 1 is 1.53 bits per heavy atom. The van der Waals surface area contributed by atoms with Crippen molar-refractivity contribution in [2.24, 2.45) is 0 Å². The van der Waals surface area contributed by atoms with Crippen LogP contribution < -0.4 is 4.90 Å². The van der Waals surface area contributed by atoms with Crippen LogP contribution in [0.1, 0.15) is 18.4 Å². The van der Waals surface area contributed by atoms with Gasteiger partial charge < -0.3 is 10.0 Å². The van der Waals surface area contributed by atoms with E-state index in [-0.39, 0.29) is 10.0 Å². The molecule has 1 aliphatic heterocycles. The summed E-state index contributed by atoms with van der Waals surface area (Å²) in [7, 11) is 0. The van der Waals surface area contributed by atoms with E-state index in [4.69, 9.17) is 5.26 Å². The van der Waals surface area contributed by atoms with Crippen molar-refractivity contribution >= 4 is 21.6 Å². The first kappa shape index (κ1) is 12.3. The SMILES string of the molecule is N#Cc1ccc(N2CCC[C@H](O)C2)c(F)c1Br. The minimum Gasteiger partial charge on any atom is -0.391 e. The molecular weight excluding hydrogens is 287 g/mol. The van der Waals surface area contributed by atoms with Crippen molar-refractivity contribution in [3.8, 4) is 6.07 Å². The topological polar surface area (TPSA) is 47.3 Å². The third-order valence-corrected chi connectivity index (χ3v) is 3.69. The van der Waals surface area contributed by atoms with Crippen LogP contribution in [0.5, 0.6) is 0 Å². The van der Waals surface area contributed by atoms with Crippen molar-refractivity contribution in [3.05, 3.63) is 28.0 Å². The van der Waals surface area contributed by atoms with Crippen molar-refractivity contribution in [2.75, 3.05) is 18.0 Å². The monoisotopic (exact) mass is 298 g/mol. The Morgan fingerprint density at radius 2 is 2.29 bits per heavy atom. The summed E-state index contributed by atoms with van der Waals surface area (Å²) in [5.41, 5.74) is 0.721. The van der Waals surface area contributed by atoms with E-state index in [0.29, 0.717) is 12.2 Å². The molecule has 0 aromatic heterocycles. The molecule has 1 heterocycles. The quantitative estimate of drug-likeness (QED) is 0.866. The number of aliphatic hydroxyl groups excluding tert-OH is 1. The second-order valence-electron chi connectivity index (χ2n) is 4.11. The van der Waals surface area contributed by atoms with Gasteiger partial charge in [-0.25, -0.2) is 4.39 Å². The standard InChI is InChI=1S/C12H12BrFN2O/c13-11-8(6-15)3-4-10(12(11)14)16-5-1-2-9(17)7-16/h3-4,9,17H,1-2,5,7H2/t9-/m0/s1. The van der Waals surface area contributed by atoms with E-state index in [1.165, 1.54) is 0 Å². The highest BCUT2D eigenvalue weighted by molar-refractivity contribution is 9.10. The summed E-state index contributed by atoms with van der Waals surface area (Å²) in [6.45, 7) is 1.17. The molecule has 90 valence electrons. The van der Waals surface area contributed by atoms with Gasteiger partial charge in [0.2, 0.25) is 0 Å². The van der Waals surface area contributed by atoms with Gasteiger partial charge in [0.15, 0.2) is 5.82 Å². The van der Waals surface area contributed by atoms with E-state index < -0.39 is 11.9 Å². The molecule has 1 fully saturated rings. The average Bonchev–Trinajstić information content (AvgIpc) is 2.32. The van der Waals surface area contributed by atoms with Crippen molar-refractivity contribution in [1.29, 1.82) is 5.26 Å². The van der Waals surface area contributed by atoms with Crippen molar-refractivity contribution < 1.29 is 9.50 Å². The van der Waals surface area contributed by atoms with Gasteiger partial charge >= 0.3 is 0 Å². The first-order valence-electron chi connectivity index (χ1n) is 5.44.